The highest BCUT2D eigenvalue weighted by molar-refractivity contribution is 7.09. The van der Waals surface area contributed by atoms with Crippen molar-refractivity contribution in [2.24, 2.45) is 4.99 Å². The molecule has 0 aliphatic carbocycles. The van der Waals surface area contributed by atoms with Gasteiger partial charge in [-0.25, -0.2) is 9.98 Å². The summed E-state index contributed by atoms with van der Waals surface area (Å²) in [4.78, 5) is 25.3. The van der Waals surface area contributed by atoms with Gasteiger partial charge in [-0.1, -0.05) is 6.92 Å². The molecule has 9 nitrogen and oxygen atoms in total. The number of guanidine groups is 1. The number of aromatic nitrogens is 2. The van der Waals surface area contributed by atoms with Crippen LogP contribution in [0, 0.1) is 0 Å². The van der Waals surface area contributed by atoms with Crippen molar-refractivity contribution >= 4 is 28.5 Å². The minimum absolute atomic E-state index is 0.1000. The average Bonchev–Trinajstić information content (AvgIpc) is 3.15. The molecular formula is C16H29N7O2S. The molecule has 10 heteroatoms. The number of hydrogen-bond donors (Lipinski definition) is 2. The maximum absolute atomic E-state index is 11.8. The lowest BCUT2D eigenvalue weighted by Crippen LogP contribution is -2.52. The highest BCUT2D eigenvalue weighted by atomic mass is 32.1. The summed E-state index contributed by atoms with van der Waals surface area (Å²) in [6.45, 7) is 9.36. The van der Waals surface area contributed by atoms with E-state index in [2.05, 4.69) is 41.7 Å². The molecule has 1 saturated heterocycles. The molecule has 0 unspecified atom stereocenters. The van der Waals surface area contributed by atoms with Crippen LogP contribution in [-0.2, 0) is 16.0 Å². The van der Waals surface area contributed by atoms with E-state index in [0.29, 0.717) is 13.2 Å². The molecule has 0 atom stereocenters. The molecule has 2 N–H and O–H groups in total. The number of amides is 1. The fourth-order valence-corrected chi connectivity index (χ4v) is 3.35. The maximum Gasteiger partial charge on any atom is 0.241 e. The number of hydrogen-bond acceptors (Lipinski definition) is 7. The van der Waals surface area contributed by atoms with Gasteiger partial charge in [-0.15, -0.1) is 0 Å². The van der Waals surface area contributed by atoms with Gasteiger partial charge in [-0.3, -0.25) is 4.79 Å². The molecule has 2 rings (SSSR count). The quantitative estimate of drug-likeness (QED) is 0.369. The third kappa shape index (κ3) is 6.10. The molecule has 2 heterocycles. The number of aliphatic imine (C=N–C) groups is 1. The van der Waals surface area contributed by atoms with E-state index in [0.717, 1.165) is 56.1 Å². The number of nitrogens with one attached hydrogen (secondary N) is 2. The summed E-state index contributed by atoms with van der Waals surface area (Å²) in [6.07, 6.45) is 0.861. The molecule has 26 heavy (non-hydrogen) atoms. The zero-order valence-corrected chi connectivity index (χ0v) is 16.6. The molecule has 1 aromatic heterocycles. The molecule has 1 aromatic rings. The van der Waals surface area contributed by atoms with Crippen molar-refractivity contribution < 1.29 is 9.53 Å². The van der Waals surface area contributed by atoms with Crippen molar-refractivity contribution in [2.45, 2.75) is 20.3 Å². The van der Waals surface area contributed by atoms with Gasteiger partial charge in [-0.05, 0) is 6.92 Å². The zero-order chi connectivity index (χ0) is 18.8. The van der Waals surface area contributed by atoms with Gasteiger partial charge < -0.3 is 25.2 Å². The van der Waals surface area contributed by atoms with Crippen LogP contribution in [0.15, 0.2) is 4.99 Å². The number of carbonyl (C=O) groups excluding carboxylic acids is 1. The molecule has 0 aromatic carbocycles. The fraction of sp³-hybridized carbons (Fsp3) is 0.750. The standard InChI is InChI=1S/C16H29N7O2S/c1-4-13-20-16(26-21-13)23-9-7-22(8-10-23)15(17-5-2)19-12-14(24)18-6-11-25-3/h4-12H2,1-3H3,(H,17,19)(H,18,24). The smallest absolute Gasteiger partial charge is 0.241 e. The zero-order valence-electron chi connectivity index (χ0n) is 15.8. The Labute approximate surface area is 159 Å². The van der Waals surface area contributed by atoms with E-state index < -0.39 is 0 Å². The van der Waals surface area contributed by atoms with Gasteiger partial charge in [0, 0.05) is 64.3 Å². The molecule has 0 saturated carbocycles. The van der Waals surface area contributed by atoms with E-state index in [1.54, 1.807) is 7.11 Å². The second-order valence-electron chi connectivity index (χ2n) is 5.83. The minimum Gasteiger partial charge on any atom is -0.383 e. The van der Waals surface area contributed by atoms with Crippen molar-refractivity contribution in [3.05, 3.63) is 5.82 Å². The van der Waals surface area contributed by atoms with E-state index in [9.17, 15) is 4.79 Å². The number of anilines is 1. The monoisotopic (exact) mass is 383 g/mol. The van der Waals surface area contributed by atoms with E-state index in [4.69, 9.17) is 4.74 Å². The number of rotatable bonds is 8. The molecule has 0 bridgehead atoms. The third-order valence-electron chi connectivity index (χ3n) is 3.96. The third-order valence-corrected chi connectivity index (χ3v) is 4.77. The molecule has 146 valence electrons. The predicted molar refractivity (Wildman–Crippen MR) is 104 cm³/mol. The van der Waals surface area contributed by atoms with E-state index in [1.807, 2.05) is 6.92 Å². The molecule has 1 amide bonds. The number of piperazine rings is 1. The number of methoxy groups -OCH3 is 1. The Balaban J connectivity index is 1.86. The van der Waals surface area contributed by atoms with Crippen LogP contribution < -0.4 is 15.5 Å². The van der Waals surface area contributed by atoms with Gasteiger partial charge in [0.15, 0.2) is 5.96 Å². The van der Waals surface area contributed by atoms with Crippen molar-refractivity contribution in [3.8, 4) is 0 Å². The minimum atomic E-state index is -0.1000. The summed E-state index contributed by atoms with van der Waals surface area (Å²) in [5.74, 6) is 1.58. The molecule has 1 fully saturated rings. The number of carbonyl (C=O) groups is 1. The molecule has 1 aliphatic rings. The normalized spacial score (nSPS) is 15.3. The van der Waals surface area contributed by atoms with Crippen molar-refractivity contribution in [1.29, 1.82) is 0 Å². The van der Waals surface area contributed by atoms with Crippen molar-refractivity contribution in [1.82, 2.24) is 24.9 Å². The summed E-state index contributed by atoms with van der Waals surface area (Å²) < 4.78 is 9.28. The van der Waals surface area contributed by atoms with E-state index in [1.165, 1.54) is 11.5 Å². The Morgan fingerprint density at radius 3 is 2.65 bits per heavy atom. The Morgan fingerprint density at radius 2 is 2.04 bits per heavy atom. The highest BCUT2D eigenvalue weighted by Gasteiger charge is 2.22. The molecular weight excluding hydrogens is 354 g/mol. The first kappa shape index (κ1) is 20.4. The fourth-order valence-electron chi connectivity index (χ4n) is 2.55. The maximum atomic E-state index is 11.8. The summed E-state index contributed by atoms with van der Waals surface area (Å²) in [5, 5.41) is 7.04. The van der Waals surface area contributed by atoms with Gasteiger partial charge in [0.2, 0.25) is 11.0 Å². The van der Waals surface area contributed by atoms with Crippen LogP contribution in [0.25, 0.3) is 0 Å². The lowest BCUT2D eigenvalue weighted by molar-refractivity contribution is -0.119. The van der Waals surface area contributed by atoms with Gasteiger partial charge in [0.25, 0.3) is 0 Å². The van der Waals surface area contributed by atoms with E-state index in [-0.39, 0.29) is 12.5 Å². The van der Waals surface area contributed by atoms with Crippen LogP contribution in [0.3, 0.4) is 0 Å². The van der Waals surface area contributed by atoms with Crippen LogP contribution in [0.4, 0.5) is 5.13 Å². The Morgan fingerprint density at radius 1 is 1.27 bits per heavy atom. The predicted octanol–water partition coefficient (Wildman–Crippen LogP) is -0.0494. The lowest BCUT2D eigenvalue weighted by atomic mass is 10.3. The van der Waals surface area contributed by atoms with Gasteiger partial charge in [0.05, 0.1) is 6.61 Å². The average molecular weight is 384 g/mol. The van der Waals surface area contributed by atoms with Crippen molar-refractivity contribution in [2.75, 3.05) is 64.4 Å². The van der Waals surface area contributed by atoms with Crippen LogP contribution in [0.1, 0.15) is 19.7 Å². The topological polar surface area (TPSA) is 95.0 Å². The first-order valence-corrected chi connectivity index (χ1v) is 9.81. The number of nitrogens with zero attached hydrogens (tertiary/aromatic N) is 5. The Kier molecular flexibility index (Phi) is 8.56. The Bertz CT molecular complexity index is 585. The Hall–Kier alpha value is -1.94. The van der Waals surface area contributed by atoms with Crippen LogP contribution in [-0.4, -0.2) is 85.7 Å². The van der Waals surface area contributed by atoms with Crippen LogP contribution in [0.5, 0.6) is 0 Å². The lowest BCUT2D eigenvalue weighted by Gasteiger charge is -2.36. The van der Waals surface area contributed by atoms with Crippen molar-refractivity contribution in [3.63, 3.8) is 0 Å². The first-order valence-electron chi connectivity index (χ1n) is 9.04. The van der Waals surface area contributed by atoms with E-state index >= 15 is 0 Å². The summed E-state index contributed by atoms with van der Waals surface area (Å²) in [7, 11) is 1.61. The molecule has 1 aliphatic heterocycles. The summed E-state index contributed by atoms with van der Waals surface area (Å²) >= 11 is 1.46. The highest BCUT2D eigenvalue weighted by Crippen LogP contribution is 2.19. The second-order valence-corrected chi connectivity index (χ2v) is 6.56. The van der Waals surface area contributed by atoms with Gasteiger partial charge in [-0.2, -0.15) is 4.37 Å². The van der Waals surface area contributed by atoms with Gasteiger partial charge >= 0.3 is 0 Å². The number of aryl methyl sites for hydroxylation is 1. The largest absolute Gasteiger partial charge is 0.383 e. The SMILES string of the molecule is CCNC(=NCC(=O)NCCOC)N1CCN(c2nc(CC)ns2)CC1. The molecule has 0 radical (unpaired) electrons. The second kappa shape index (κ2) is 10.9. The summed E-state index contributed by atoms with van der Waals surface area (Å²) in [6, 6.07) is 0. The van der Waals surface area contributed by atoms with Gasteiger partial charge in [0.1, 0.15) is 12.4 Å². The number of ether oxygens (including phenoxy) is 1. The van der Waals surface area contributed by atoms with Crippen LogP contribution >= 0.6 is 11.5 Å². The molecule has 0 spiro atoms. The first-order chi connectivity index (χ1) is 12.7. The van der Waals surface area contributed by atoms with Crippen LogP contribution in [0.2, 0.25) is 0 Å². The summed E-state index contributed by atoms with van der Waals surface area (Å²) in [5.41, 5.74) is 0.